The lowest BCUT2D eigenvalue weighted by Crippen LogP contribution is -2.53. The van der Waals surface area contributed by atoms with E-state index >= 15 is 0 Å². The minimum absolute atomic E-state index is 0.0114. The summed E-state index contributed by atoms with van der Waals surface area (Å²) in [5, 5.41) is 3.06. The molecule has 4 rings (SSSR count). The minimum atomic E-state index is -4.30. The van der Waals surface area contributed by atoms with Crippen LogP contribution in [0.25, 0.3) is 0 Å². The van der Waals surface area contributed by atoms with Gasteiger partial charge in [0.25, 0.3) is 10.0 Å². The second kappa shape index (κ2) is 15.8. The summed E-state index contributed by atoms with van der Waals surface area (Å²) in [5.74, 6) is -0.924. The molecule has 0 radical (unpaired) electrons. The van der Waals surface area contributed by atoms with Crippen molar-refractivity contribution in [3.63, 3.8) is 0 Å². The Morgan fingerprint density at radius 1 is 0.889 bits per heavy atom. The first kappa shape index (κ1) is 34.5. The Morgan fingerprint density at radius 2 is 1.56 bits per heavy atom. The fraction of sp³-hybridized carbons (Fsp3) is 0.235. The molecule has 4 aromatic rings. The van der Waals surface area contributed by atoms with E-state index in [9.17, 15) is 18.0 Å². The largest absolute Gasteiger partial charge is 0.354 e. The molecule has 0 aliphatic carbocycles. The third kappa shape index (κ3) is 8.88. The summed E-state index contributed by atoms with van der Waals surface area (Å²) in [6, 6.07) is 26.8. The van der Waals surface area contributed by atoms with Crippen LogP contribution in [0.15, 0.2) is 106 Å². The van der Waals surface area contributed by atoms with Crippen molar-refractivity contribution in [2.45, 2.75) is 44.2 Å². The Labute approximate surface area is 283 Å². The van der Waals surface area contributed by atoms with E-state index in [2.05, 4.69) is 21.2 Å². The maximum absolute atomic E-state index is 14.5. The van der Waals surface area contributed by atoms with E-state index < -0.39 is 28.5 Å². The molecule has 0 saturated heterocycles. The van der Waals surface area contributed by atoms with E-state index in [1.54, 1.807) is 24.3 Å². The molecule has 0 aliphatic heterocycles. The monoisotopic (exact) mass is 729 g/mol. The summed E-state index contributed by atoms with van der Waals surface area (Å²) in [4.78, 5) is 29.7. The highest BCUT2D eigenvalue weighted by Gasteiger charge is 2.35. The fourth-order valence-electron chi connectivity index (χ4n) is 4.79. The summed E-state index contributed by atoms with van der Waals surface area (Å²) in [7, 11) is -4.30. The Morgan fingerprint density at radius 3 is 2.22 bits per heavy atom. The van der Waals surface area contributed by atoms with Crippen LogP contribution in [0.5, 0.6) is 0 Å². The summed E-state index contributed by atoms with van der Waals surface area (Å²) in [5.41, 5.74) is 2.53. The SMILES string of the molecule is CCCNC(=O)[C@@H](Cc1ccccc1)N(Cc1cccc(Br)c1)C(=O)CN(c1cccc(Cl)c1Cl)S(=O)(=O)c1ccc(C)cc1. The van der Waals surface area contributed by atoms with Crippen LogP contribution in [-0.4, -0.2) is 44.3 Å². The first-order valence-electron chi connectivity index (χ1n) is 14.4. The standard InChI is InChI=1S/C34H34BrCl2N3O4S/c1-3-19-38-34(42)31(21-25-9-5-4-6-10-25)39(22-26-11-7-12-27(35)20-26)32(41)23-40(30-14-8-13-29(36)33(30)37)45(43,44)28-17-15-24(2)16-18-28/h4-18,20,31H,3,19,21-23H2,1-2H3,(H,38,42)/t31-/m1/s1. The molecule has 0 fully saturated rings. The maximum Gasteiger partial charge on any atom is 0.264 e. The van der Waals surface area contributed by atoms with Crippen LogP contribution in [0.4, 0.5) is 5.69 Å². The highest BCUT2D eigenvalue weighted by atomic mass is 79.9. The van der Waals surface area contributed by atoms with Crippen molar-refractivity contribution in [3.05, 3.63) is 128 Å². The average Bonchev–Trinajstić information content (AvgIpc) is 3.02. The molecule has 1 atom stereocenters. The number of anilines is 1. The molecular formula is C34H34BrCl2N3O4S. The van der Waals surface area contributed by atoms with Crippen molar-refractivity contribution in [1.29, 1.82) is 0 Å². The molecule has 0 bridgehead atoms. The molecule has 0 aliphatic rings. The Kier molecular flexibility index (Phi) is 12.1. The number of carbonyl (C=O) groups excluding carboxylic acids is 2. The van der Waals surface area contributed by atoms with E-state index in [-0.39, 0.29) is 39.5 Å². The summed E-state index contributed by atoms with van der Waals surface area (Å²) in [6.45, 7) is 3.64. The number of benzene rings is 4. The van der Waals surface area contributed by atoms with E-state index in [4.69, 9.17) is 23.2 Å². The van der Waals surface area contributed by atoms with Gasteiger partial charge in [0.1, 0.15) is 12.6 Å². The van der Waals surface area contributed by atoms with Crippen LogP contribution in [0.2, 0.25) is 10.0 Å². The molecule has 236 valence electrons. The molecule has 0 heterocycles. The molecule has 1 N–H and O–H groups in total. The van der Waals surface area contributed by atoms with E-state index in [1.807, 2.05) is 68.4 Å². The van der Waals surface area contributed by atoms with Crippen LogP contribution in [0.1, 0.15) is 30.0 Å². The van der Waals surface area contributed by atoms with Crippen LogP contribution in [-0.2, 0) is 32.6 Å². The smallest absolute Gasteiger partial charge is 0.264 e. The molecule has 0 aromatic heterocycles. The van der Waals surface area contributed by atoms with Gasteiger partial charge in [-0.2, -0.15) is 0 Å². The third-order valence-electron chi connectivity index (χ3n) is 7.15. The van der Waals surface area contributed by atoms with Gasteiger partial charge in [-0.15, -0.1) is 0 Å². The normalized spacial score (nSPS) is 11.9. The highest BCUT2D eigenvalue weighted by molar-refractivity contribution is 9.10. The van der Waals surface area contributed by atoms with Gasteiger partial charge < -0.3 is 10.2 Å². The molecule has 0 spiro atoms. The molecule has 2 amide bonds. The second-order valence-electron chi connectivity index (χ2n) is 10.5. The van der Waals surface area contributed by atoms with Crippen molar-refractivity contribution in [3.8, 4) is 0 Å². The molecule has 45 heavy (non-hydrogen) atoms. The minimum Gasteiger partial charge on any atom is -0.354 e. The zero-order valence-electron chi connectivity index (χ0n) is 24.9. The van der Waals surface area contributed by atoms with Gasteiger partial charge in [-0.1, -0.05) is 112 Å². The highest BCUT2D eigenvalue weighted by Crippen LogP contribution is 2.35. The number of aryl methyl sites for hydroxylation is 1. The Hall–Kier alpha value is -3.37. The van der Waals surface area contributed by atoms with Gasteiger partial charge in [0.15, 0.2) is 0 Å². The molecule has 11 heteroatoms. The van der Waals surface area contributed by atoms with Gasteiger partial charge in [0, 0.05) is 24.0 Å². The van der Waals surface area contributed by atoms with Crippen LogP contribution in [0.3, 0.4) is 0 Å². The Bertz CT molecular complexity index is 1740. The number of rotatable bonds is 13. The third-order valence-corrected chi connectivity index (χ3v) is 10.2. The molecule has 7 nitrogen and oxygen atoms in total. The lowest BCUT2D eigenvalue weighted by atomic mass is 10.0. The fourth-order valence-corrected chi connectivity index (χ4v) is 7.11. The lowest BCUT2D eigenvalue weighted by molar-refractivity contribution is -0.140. The van der Waals surface area contributed by atoms with Gasteiger partial charge in [0.05, 0.1) is 20.6 Å². The zero-order valence-corrected chi connectivity index (χ0v) is 28.8. The van der Waals surface area contributed by atoms with Gasteiger partial charge in [-0.05, 0) is 60.9 Å². The molecular weight excluding hydrogens is 697 g/mol. The first-order chi connectivity index (χ1) is 21.5. The number of amides is 2. The number of sulfonamides is 1. The maximum atomic E-state index is 14.5. The average molecular weight is 732 g/mol. The number of hydrogen-bond acceptors (Lipinski definition) is 4. The summed E-state index contributed by atoms with van der Waals surface area (Å²) >= 11 is 16.4. The van der Waals surface area contributed by atoms with Crippen molar-refractivity contribution in [2.24, 2.45) is 0 Å². The van der Waals surface area contributed by atoms with Crippen LogP contribution < -0.4 is 9.62 Å². The van der Waals surface area contributed by atoms with Crippen LogP contribution in [0, 0.1) is 6.92 Å². The van der Waals surface area contributed by atoms with Crippen LogP contribution >= 0.6 is 39.1 Å². The number of halogens is 3. The topological polar surface area (TPSA) is 86.8 Å². The first-order valence-corrected chi connectivity index (χ1v) is 17.4. The van der Waals surface area contributed by atoms with E-state index in [0.717, 1.165) is 25.5 Å². The van der Waals surface area contributed by atoms with E-state index in [0.29, 0.717) is 13.0 Å². The number of nitrogens with zero attached hydrogens (tertiary/aromatic N) is 2. The molecule has 4 aromatic carbocycles. The molecule has 0 saturated carbocycles. The van der Waals surface area contributed by atoms with Crippen molar-refractivity contribution in [1.82, 2.24) is 10.2 Å². The molecule has 0 unspecified atom stereocenters. The predicted octanol–water partition coefficient (Wildman–Crippen LogP) is 7.43. The van der Waals surface area contributed by atoms with Gasteiger partial charge >= 0.3 is 0 Å². The van der Waals surface area contributed by atoms with Crippen molar-refractivity contribution in [2.75, 3.05) is 17.4 Å². The van der Waals surface area contributed by atoms with Crippen molar-refractivity contribution >= 4 is 66.7 Å². The predicted molar refractivity (Wildman–Crippen MR) is 184 cm³/mol. The van der Waals surface area contributed by atoms with Gasteiger partial charge in [-0.25, -0.2) is 8.42 Å². The quantitative estimate of drug-likeness (QED) is 0.155. The van der Waals surface area contributed by atoms with Gasteiger partial charge in [-0.3, -0.25) is 13.9 Å². The summed E-state index contributed by atoms with van der Waals surface area (Å²) < 4.78 is 30.1. The Balaban J connectivity index is 1.83. The summed E-state index contributed by atoms with van der Waals surface area (Å²) in [6.07, 6.45) is 0.929. The number of carbonyl (C=O) groups is 2. The lowest BCUT2D eigenvalue weighted by Gasteiger charge is -2.34. The number of nitrogens with one attached hydrogen (secondary N) is 1. The number of hydrogen-bond donors (Lipinski definition) is 1. The van der Waals surface area contributed by atoms with E-state index in [1.165, 1.54) is 23.1 Å². The van der Waals surface area contributed by atoms with Crippen molar-refractivity contribution < 1.29 is 18.0 Å². The van der Waals surface area contributed by atoms with Gasteiger partial charge in [0.2, 0.25) is 11.8 Å². The second-order valence-corrected chi connectivity index (χ2v) is 14.1. The zero-order chi connectivity index (χ0) is 32.6.